The maximum absolute atomic E-state index is 12.9. The quantitative estimate of drug-likeness (QED) is 0.703. The lowest BCUT2D eigenvalue weighted by Crippen LogP contribution is -2.29. The Morgan fingerprint density at radius 3 is 2.48 bits per heavy atom. The van der Waals surface area contributed by atoms with Crippen molar-refractivity contribution < 1.29 is 13.2 Å². The second-order valence-electron chi connectivity index (χ2n) is 7.13. The first kappa shape index (κ1) is 19.4. The summed E-state index contributed by atoms with van der Waals surface area (Å²) in [5.74, 6) is -0.0398. The lowest BCUT2D eigenvalue weighted by molar-refractivity contribution is 0.0989. The fraction of sp³-hybridized carbons (Fsp3) is 0.174. The van der Waals surface area contributed by atoms with Gasteiger partial charge in [-0.15, -0.1) is 0 Å². The second-order valence-corrected chi connectivity index (χ2v) is 8.86. The Morgan fingerprint density at radius 2 is 1.72 bits per heavy atom. The zero-order valence-electron chi connectivity index (χ0n) is 16.1. The SMILES string of the molecule is Cc1ccccc1S(=O)(=O)NCc1ccc2c(c1)N(C(=O)c1ccccc1)CC2. The first-order chi connectivity index (χ1) is 14.0. The summed E-state index contributed by atoms with van der Waals surface area (Å²) < 4.78 is 28.0. The van der Waals surface area contributed by atoms with Crippen LogP contribution in [-0.4, -0.2) is 20.9 Å². The van der Waals surface area contributed by atoms with Crippen LogP contribution >= 0.6 is 0 Å². The monoisotopic (exact) mass is 406 g/mol. The minimum absolute atomic E-state index is 0.0398. The summed E-state index contributed by atoms with van der Waals surface area (Å²) >= 11 is 0. The highest BCUT2D eigenvalue weighted by Crippen LogP contribution is 2.30. The highest BCUT2D eigenvalue weighted by Gasteiger charge is 2.26. The summed E-state index contributed by atoms with van der Waals surface area (Å²) in [4.78, 5) is 14.9. The van der Waals surface area contributed by atoms with E-state index in [9.17, 15) is 13.2 Å². The first-order valence-electron chi connectivity index (χ1n) is 9.50. The first-order valence-corrected chi connectivity index (χ1v) is 11.0. The van der Waals surface area contributed by atoms with Crippen molar-refractivity contribution in [1.82, 2.24) is 4.72 Å². The Bertz CT molecular complexity index is 1160. The number of amides is 1. The molecule has 0 saturated heterocycles. The van der Waals surface area contributed by atoms with Gasteiger partial charge >= 0.3 is 0 Å². The predicted molar refractivity (Wildman–Crippen MR) is 113 cm³/mol. The van der Waals surface area contributed by atoms with Crippen molar-refractivity contribution in [3.63, 3.8) is 0 Å². The summed E-state index contributed by atoms with van der Waals surface area (Å²) in [6.45, 7) is 2.57. The van der Waals surface area contributed by atoms with E-state index < -0.39 is 10.0 Å². The number of aryl methyl sites for hydroxylation is 1. The van der Waals surface area contributed by atoms with Gasteiger partial charge in [0.2, 0.25) is 10.0 Å². The van der Waals surface area contributed by atoms with Crippen molar-refractivity contribution in [2.24, 2.45) is 0 Å². The van der Waals surface area contributed by atoms with Gasteiger partial charge in [0.1, 0.15) is 0 Å². The second kappa shape index (κ2) is 7.81. The van der Waals surface area contributed by atoms with Gasteiger partial charge in [0.25, 0.3) is 5.91 Å². The van der Waals surface area contributed by atoms with Crippen molar-refractivity contribution in [3.05, 3.63) is 95.1 Å². The molecule has 1 amide bonds. The number of carbonyl (C=O) groups is 1. The lowest BCUT2D eigenvalue weighted by Gasteiger charge is -2.18. The van der Waals surface area contributed by atoms with Gasteiger partial charge in [0.15, 0.2) is 0 Å². The minimum atomic E-state index is -3.61. The largest absolute Gasteiger partial charge is 0.308 e. The summed E-state index contributed by atoms with van der Waals surface area (Å²) in [5.41, 5.74) is 4.11. The van der Waals surface area contributed by atoms with Gasteiger partial charge in [-0.1, -0.05) is 48.5 Å². The van der Waals surface area contributed by atoms with Crippen molar-refractivity contribution in [3.8, 4) is 0 Å². The van der Waals surface area contributed by atoms with E-state index in [1.54, 1.807) is 42.2 Å². The van der Waals surface area contributed by atoms with Crippen LogP contribution in [0.2, 0.25) is 0 Å². The Labute approximate surface area is 171 Å². The highest BCUT2D eigenvalue weighted by molar-refractivity contribution is 7.89. The molecule has 5 nitrogen and oxygen atoms in total. The predicted octanol–water partition coefficient (Wildman–Crippen LogP) is 3.68. The van der Waals surface area contributed by atoms with Crippen LogP contribution in [0.15, 0.2) is 77.7 Å². The Hall–Kier alpha value is -2.96. The summed E-state index contributed by atoms with van der Waals surface area (Å²) in [7, 11) is -3.61. The molecule has 3 aromatic carbocycles. The van der Waals surface area contributed by atoms with Crippen molar-refractivity contribution in [1.29, 1.82) is 0 Å². The van der Waals surface area contributed by atoms with Crippen LogP contribution < -0.4 is 9.62 Å². The average molecular weight is 407 g/mol. The number of nitrogens with zero attached hydrogens (tertiary/aromatic N) is 1. The standard InChI is InChI=1S/C23H22N2O3S/c1-17-7-5-6-10-22(17)29(27,28)24-16-18-11-12-19-13-14-25(21(19)15-18)23(26)20-8-3-2-4-9-20/h2-12,15,24H,13-14,16H2,1H3. The van der Waals surface area contributed by atoms with E-state index >= 15 is 0 Å². The number of anilines is 1. The molecule has 1 heterocycles. The van der Waals surface area contributed by atoms with Crippen LogP contribution in [0, 0.1) is 6.92 Å². The maximum Gasteiger partial charge on any atom is 0.258 e. The van der Waals surface area contributed by atoms with Crippen LogP contribution in [0.5, 0.6) is 0 Å². The van der Waals surface area contributed by atoms with Gasteiger partial charge in [-0.05, 0) is 54.3 Å². The van der Waals surface area contributed by atoms with E-state index in [4.69, 9.17) is 0 Å². The van der Waals surface area contributed by atoms with Gasteiger partial charge in [-0.25, -0.2) is 13.1 Å². The van der Waals surface area contributed by atoms with Crippen molar-refractivity contribution in [2.45, 2.75) is 24.8 Å². The third kappa shape index (κ3) is 3.95. The molecule has 148 valence electrons. The van der Waals surface area contributed by atoms with Crippen molar-refractivity contribution in [2.75, 3.05) is 11.4 Å². The number of hydrogen-bond acceptors (Lipinski definition) is 3. The molecule has 1 aliphatic heterocycles. The molecule has 0 aliphatic carbocycles. The van der Waals surface area contributed by atoms with Crippen LogP contribution in [-0.2, 0) is 23.0 Å². The number of fused-ring (bicyclic) bond motifs is 1. The molecule has 4 rings (SSSR count). The van der Waals surface area contributed by atoms with E-state index in [0.717, 1.165) is 23.2 Å². The topological polar surface area (TPSA) is 66.5 Å². The van der Waals surface area contributed by atoms with Crippen molar-refractivity contribution >= 4 is 21.6 Å². The third-order valence-corrected chi connectivity index (χ3v) is 6.72. The van der Waals surface area contributed by atoms with Gasteiger partial charge in [-0.2, -0.15) is 0 Å². The molecule has 0 unspecified atom stereocenters. The lowest BCUT2D eigenvalue weighted by atomic mass is 10.1. The molecule has 1 aliphatic rings. The fourth-order valence-corrected chi connectivity index (χ4v) is 4.86. The molecule has 0 bridgehead atoms. The number of rotatable bonds is 5. The smallest absolute Gasteiger partial charge is 0.258 e. The van der Waals surface area contributed by atoms with E-state index in [1.807, 2.05) is 42.5 Å². The number of sulfonamides is 1. The van der Waals surface area contributed by atoms with Crippen LogP contribution in [0.3, 0.4) is 0 Å². The van der Waals surface area contributed by atoms with Crippen LogP contribution in [0.1, 0.15) is 27.0 Å². The van der Waals surface area contributed by atoms with Gasteiger partial charge < -0.3 is 4.90 Å². The van der Waals surface area contributed by atoms with Crippen LogP contribution in [0.4, 0.5) is 5.69 Å². The zero-order valence-corrected chi connectivity index (χ0v) is 16.9. The number of nitrogens with one attached hydrogen (secondary N) is 1. The normalized spacial score (nSPS) is 13.3. The highest BCUT2D eigenvalue weighted by atomic mass is 32.2. The molecule has 1 N–H and O–H groups in total. The Kier molecular flexibility index (Phi) is 5.22. The zero-order chi connectivity index (χ0) is 20.4. The molecule has 0 atom stereocenters. The number of hydrogen-bond donors (Lipinski definition) is 1. The molecule has 29 heavy (non-hydrogen) atoms. The minimum Gasteiger partial charge on any atom is -0.308 e. The van der Waals surface area contributed by atoms with E-state index in [0.29, 0.717) is 17.7 Å². The number of carbonyl (C=O) groups excluding carboxylic acids is 1. The van der Waals surface area contributed by atoms with Gasteiger partial charge in [0.05, 0.1) is 4.90 Å². The summed E-state index contributed by atoms with van der Waals surface area (Å²) in [6.07, 6.45) is 0.795. The molecular formula is C23H22N2O3S. The fourth-order valence-electron chi connectivity index (χ4n) is 3.60. The van der Waals surface area contributed by atoms with E-state index in [1.165, 1.54) is 0 Å². The molecule has 0 fully saturated rings. The third-order valence-electron chi connectivity index (χ3n) is 5.16. The van der Waals surface area contributed by atoms with Crippen LogP contribution in [0.25, 0.3) is 0 Å². The molecule has 0 aromatic heterocycles. The number of benzene rings is 3. The molecule has 6 heteroatoms. The molecule has 0 saturated carbocycles. The summed E-state index contributed by atoms with van der Waals surface area (Å²) in [5, 5.41) is 0. The Morgan fingerprint density at radius 1 is 1.00 bits per heavy atom. The summed E-state index contributed by atoms with van der Waals surface area (Å²) in [6, 6.07) is 21.9. The molecule has 0 spiro atoms. The molecule has 0 radical (unpaired) electrons. The maximum atomic E-state index is 12.9. The Balaban J connectivity index is 1.54. The molecular weight excluding hydrogens is 384 g/mol. The average Bonchev–Trinajstić information content (AvgIpc) is 3.16. The van der Waals surface area contributed by atoms with E-state index in [2.05, 4.69) is 4.72 Å². The van der Waals surface area contributed by atoms with Gasteiger partial charge in [0, 0.05) is 24.3 Å². The van der Waals surface area contributed by atoms with E-state index in [-0.39, 0.29) is 17.3 Å². The molecule has 3 aromatic rings. The van der Waals surface area contributed by atoms with Gasteiger partial charge in [-0.3, -0.25) is 4.79 Å².